The van der Waals surface area contributed by atoms with Crippen LogP contribution < -0.4 is 10.6 Å². The molecule has 3 N–H and O–H groups in total. The summed E-state index contributed by atoms with van der Waals surface area (Å²) in [5, 5.41) is 8.20. The fourth-order valence-electron chi connectivity index (χ4n) is 4.18. The Morgan fingerprint density at radius 1 is 1.33 bits per heavy atom. The molecule has 1 unspecified atom stereocenters. The molecule has 1 aliphatic heterocycles. The molecule has 1 aromatic carbocycles. The zero-order chi connectivity index (χ0) is 21.5. The monoisotopic (exact) mass is 412 g/mol. The number of hydrogen-bond donors (Lipinski definition) is 3. The van der Waals surface area contributed by atoms with Crippen molar-refractivity contribution in [2.75, 3.05) is 46.8 Å². The number of aromatic amines is 1. The molecule has 1 amide bonds. The number of fused-ring (bicyclic) bond motifs is 1. The van der Waals surface area contributed by atoms with Gasteiger partial charge in [0.2, 0.25) is 5.91 Å². The van der Waals surface area contributed by atoms with Gasteiger partial charge in [-0.2, -0.15) is 0 Å². The highest BCUT2D eigenvalue weighted by molar-refractivity contribution is 5.87. The number of benzene rings is 1. The van der Waals surface area contributed by atoms with E-state index in [-0.39, 0.29) is 12.5 Å². The number of nitrogens with one attached hydrogen (secondary N) is 3. The minimum atomic E-state index is -0.000551. The van der Waals surface area contributed by atoms with Gasteiger partial charge in [0.25, 0.3) is 0 Å². The summed E-state index contributed by atoms with van der Waals surface area (Å²) < 4.78 is 0. The molecule has 1 fully saturated rings. The molecule has 2 aromatic rings. The van der Waals surface area contributed by atoms with Crippen molar-refractivity contribution in [3.8, 4) is 0 Å². The van der Waals surface area contributed by atoms with Crippen LogP contribution >= 0.6 is 0 Å². The molecule has 0 radical (unpaired) electrons. The summed E-state index contributed by atoms with van der Waals surface area (Å²) in [4.78, 5) is 24.0. The van der Waals surface area contributed by atoms with Crippen LogP contribution in [0.2, 0.25) is 0 Å². The van der Waals surface area contributed by atoms with E-state index in [0.29, 0.717) is 12.0 Å². The molecule has 0 aliphatic carbocycles. The average Bonchev–Trinajstić information content (AvgIpc) is 3.36. The van der Waals surface area contributed by atoms with Crippen LogP contribution in [0.4, 0.5) is 0 Å². The van der Waals surface area contributed by atoms with Gasteiger partial charge in [0, 0.05) is 50.3 Å². The van der Waals surface area contributed by atoms with E-state index >= 15 is 0 Å². The molecule has 7 nitrogen and oxygen atoms in total. The molecular weight excluding hydrogens is 376 g/mol. The standard InChI is InChI=1S/C23H36N6O/c1-5-29-13-7-9-19(29)15-26-23(27-16-21(30)28(3)4)24-12-11-18-14-25-20-10-6-8-17(2)22(18)20/h6,8,10,14,19,25H,5,7,9,11-13,15-16H2,1-4H3,(H2,24,26,27). The zero-order valence-electron chi connectivity index (χ0n) is 18.8. The van der Waals surface area contributed by atoms with Crippen molar-refractivity contribution in [2.24, 2.45) is 4.99 Å². The fraction of sp³-hybridized carbons (Fsp3) is 0.565. The predicted molar refractivity (Wildman–Crippen MR) is 124 cm³/mol. The molecule has 3 rings (SSSR count). The van der Waals surface area contributed by atoms with Crippen LogP contribution in [0.1, 0.15) is 30.9 Å². The lowest BCUT2D eigenvalue weighted by Crippen LogP contribution is -2.45. The van der Waals surface area contributed by atoms with Gasteiger partial charge < -0.3 is 20.5 Å². The van der Waals surface area contributed by atoms with Crippen LogP contribution in [0.25, 0.3) is 10.9 Å². The first kappa shape index (κ1) is 22.2. The molecule has 0 bridgehead atoms. The highest BCUT2D eigenvalue weighted by atomic mass is 16.2. The second-order valence-electron chi connectivity index (χ2n) is 8.25. The smallest absolute Gasteiger partial charge is 0.243 e. The number of H-pyrrole nitrogens is 1. The summed E-state index contributed by atoms with van der Waals surface area (Å²) in [6, 6.07) is 6.87. The SMILES string of the molecule is CCN1CCCC1CNC(=NCC(=O)N(C)C)NCCc1c[nH]c2cccc(C)c12. The summed E-state index contributed by atoms with van der Waals surface area (Å²) >= 11 is 0. The molecule has 0 saturated carbocycles. The molecule has 1 aliphatic rings. The molecule has 0 spiro atoms. The van der Waals surface area contributed by atoms with Crippen molar-refractivity contribution < 1.29 is 4.79 Å². The van der Waals surface area contributed by atoms with Crippen molar-refractivity contribution in [1.29, 1.82) is 0 Å². The highest BCUT2D eigenvalue weighted by Gasteiger charge is 2.22. The van der Waals surface area contributed by atoms with Crippen molar-refractivity contribution in [3.05, 3.63) is 35.5 Å². The number of aliphatic imine (C=N–C) groups is 1. The molecule has 2 heterocycles. The summed E-state index contributed by atoms with van der Waals surface area (Å²) in [6.45, 7) is 8.36. The van der Waals surface area contributed by atoms with E-state index in [2.05, 4.69) is 63.8 Å². The second-order valence-corrected chi connectivity index (χ2v) is 8.25. The Balaban J connectivity index is 1.61. The number of likely N-dealkylation sites (N-methyl/N-ethyl adjacent to an activating group) is 2. The molecule has 1 saturated heterocycles. The Bertz CT molecular complexity index is 872. The molecule has 7 heteroatoms. The Morgan fingerprint density at radius 2 is 2.17 bits per heavy atom. The number of likely N-dealkylation sites (tertiary alicyclic amines) is 1. The third-order valence-electron chi connectivity index (χ3n) is 5.96. The van der Waals surface area contributed by atoms with Crippen LogP contribution in [0, 0.1) is 6.92 Å². The number of aromatic nitrogens is 1. The molecule has 1 aromatic heterocycles. The van der Waals surface area contributed by atoms with Crippen LogP contribution in [0.5, 0.6) is 0 Å². The predicted octanol–water partition coefficient (Wildman–Crippen LogP) is 2.13. The first-order chi connectivity index (χ1) is 14.5. The molecular formula is C23H36N6O. The van der Waals surface area contributed by atoms with Gasteiger partial charge >= 0.3 is 0 Å². The lowest BCUT2D eigenvalue weighted by molar-refractivity contribution is -0.127. The zero-order valence-corrected chi connectivity index (χ0v) is 18.8. The van der Waals surface area contributed by atoms with Gasteiger partial charge in [0.15, 0.2) is 5.96 Å². The van der Waals surface area contributed by atoms with Gasteiger partial charge in [-0.1, -0.05) is 19.1 Å². The number of nitrogens with zero attached hydrogens (tertiary/aromatic N) is 3. The number of guanidine groups is 1. The maximum Gasteiger partial charge on any atom is 0.243 e. The minimum Gasteiger partial charge on any atom is -0.361 e. The van der Waals surface area contributed by atoms with E-state index in [0.717, 1.165) is 26.1 Å². The third kappa shape index (κ3) is 5.53. The van der Waals surface area contributed by atoms with E-state index in [1.807, 2.05) is 0 Å². The minimum absolute atomic E-state index is 0.000551. The van der Waals surface area contributed by atoms with Crippen LogP contribution in [-0.2, 0) is 11.2 Å². The number of carbonyl (C=O) groups excluding carboxylic acids is 1. The van der Waals surface area contributed by atoms with E-state index in [1.54, 1.807) is 19.0 Å². The Morgan fingerprint density at radius 3 is 2.93 bits per heavy atom. The van der Waals surface area contributed by atoms with Crippen molar-refractivity contribution in [1.82, 2.24) is 25.4 Å². The highest BCUT2D eigenvalue weighted by Crippen LogP contribution is 2.22. The number of carbonyl (C=O) groups is 1. The average molecular weight is 413 g/mol. The van der Waals surface area contributed by atoms with Crippen LogP contribution in [0.15, 0.2) is 29.4 Å². The van der Waals surface area contributed by atoms with Gasteiger partial charge in [0.05, 0.1) is 0 Å². The van der Waals surface area contributed by atoms with Crippen LogP contribution in [-0.4, -0.2) is 79.5 Å². The number of rotatable bonds is 8. The van der Waals surface area contributed by atoms with Gasteiger partial charge in [0.1, 0.15) is 6.54 Å². The number of aryl methyl sites for hydroxylation is 1. The first-order valence-electron chi connectivity index (χ1n) is 11.0. The second kappa shape index (κ2) is 10.5. The summed E-state index contributed by atoms with van der Waals surface area (Å²) in [7, 11) is 3.52. The molecule has 30 heavy (non-hydrogen) atoms. The van der Waals surface area contributed by atoms with Crippen molar-refractivity contribution in [2.45, 2.75) is 39.2 Å². The van der Waals surface area contributed by atoms with E-state index < -0.39 is 0 Å². The maximum absolute atomic E-state index is 12.0. The summed E-state index contributed by atoms with van der Waals surface area (Å²) in [6.07, 6.45) is 5.44. The van der Waals surface area contributed by atoms with E-state index in [1.165, 1.54) is 41.4 Å². The van der Waals surface area contributed by atoms with Gasteiger partial charge in [-0.3, -0.25) is 9.69 Å². The van der Waals surface area contributed by atoms with Gasteiger partial charge in [-0.05, 0) is 56.5 Å². The van der Waals surface area contributed by atoms with Crippen molar-refractivity contribution >= 4 is 22.8 Å². The fourth-order valence-corrected chi connectivity index (χ4v) is 4.18. The van der Waals surface area contributed by atoms with Gasteiger partial charge in [-0.15, -0.1) is 0 Å². The van der Waals surface area contributed by atoms with Crippen molar-refractivity contribution in [3.63, 3.8) is 0 Å². The largest absolute Gasteiger partial charge is 0.361 e. The Hall–Kier alpha value is -2.54. The van der Waals surface area contributed by atoms with E-state index in [4.69, 9.17) is 0 Å². The topological polar surface area (TPSA) is 75.8 Å². The molecule has 1 atom stereocenters. The van der Waals surface area contributed by atoms with E-state index in [9.17, 15) is 4.79 Å². The lowest BCUT2D eigenvalue weighted by Gasteiger charge is -2.24. The van der Waals surface area contributed by atoms with Gasteiger partial charge in [-0.25, -0.2) is 4.99 Å². The third-order valence-corrected chi connectivity index (χ3v) is 5.96. The number of amides is 1. The quantitative estimate of drug-likeness (QED) is 0.459. The Labute approximate surface area is 179 Å². The lowest BCUT2D eigenvalue weighted by atomic mass is 10.1. The normalized spacial score (nSPS) is 17.5. The molecule has 164 valence electrons. The maximum atomic E-state index is 12.0. The number of hydrogen-bond acceptors (Lipinski definition) is 3. The summed E-state index contributed by atoms with van der Waals surface area (Å²) in [5.41, 5.74) is 3.76. The first-order valence-corrected chi connectivity index (χ1v) is 11.0. The Kier molecular flexibility index (Phi) is 7.74. The summed E-state index contributed by atoms with van der Waals surface area (Å²) in [5.74, 6) is 0.712. The van der Waals surface area contributed by atoms with Crippen LogP contribution in [0.3, 0.4) is 0 Å².